The number of esters is 2. The Morgan fingerprint density at radius 3 is 1.12 bits per heavy atom. The Balaban J connectivity index is 1.82. The van der Waals surface area contributed by atoms with E-state index < -0.39 is 16.6 Å². The monoisotopic (exact) mass is 626 g/mol. The highest BCUT2D eigenvalue weighted by molar-refractivity contribution is 6.96. The fourth-order valence-corrected chi connectivity index (χ4v) is 13.4. The number of unbranched alkanes of at least 4 members (excludes halogenated alkanes) is 12. The summed E-state index contributed by atoms with van der Waals surface area (Å²) >= 11 is 0. The molecule has 0 atom stereocenters. The summed E-state index contributed by atoms with van der Waals surface area (Å²) in [6, 6.07) is 15.5. The molecule has 2 aromatic rings. The van der Waals surface area contributed by atoms with Crippen molar-refractivity contribution in [1.82, 2.24) is 0 Å². The molecule has 2 rings (SSSR count). The predicted octanol–water partition coefficient (Wildman–Crippen LogP) is 9.04. The van der Waals surface area contributed by atoms with Gasteiger partial charge in [0.05, 0.1) is 24.3 Å². The van der Waals surface area contributed by atoms with Gasteiger partial charge in [-0.2, -0.15) is 0 Å². The molecule has 0 bridgehead atoms. The number of ether oxygens (including phenoxy) is 2. The van der Waals surface area contributed by atoms with E-state index in [1.807, 2.05) is 48.5 Å². The summed E-state index contributed by atoms with van der Waals surface area (Å²) < 4.78 is 17.9. The van der Waals surface area contributed by atoms with Crippen molar-refractivity contribution < 1.29 is 23.2 Å². The van der Waals surface area contributed by atoms with E-state index in [2.05, 4.69) is 40.0 Å². The molecule has 0 N–H and O–H groups in total. The molecule has 2 aromatic carbocycles. The standard InChI is InChI=1S/C36H58O5Si2/c1-7-9-11-13-15-17-19-29-39-35(37)31-21-25-33(26-22-31)42(3,4)41-43(5,6)34-27-23-32(24-28-34)36(38)40-30-20-18-16-14-12-10-8-2/h21-28H,7-20,29-30H2,1-6H3. The van der Waals surface area contributed by atoms with Gasteiger partial charge in [0, 0.05) is 0 Å². The Hall–Kier alpha value is -2.23. The van der Waals surface area contributed by atoms with Crippen LogP contribution in [0.5, 0.6) is 0 Å². The molecule has 0 aliphatic carbocycles. The van der Waals surface area contributed by atoms with Crippen molar-refractivity contribution >= 4 is 38.9 Å². The third kappa shape index (κ3) is 14.0. The van der Waals surface area contributed by atoms with Crippen LogP contribution < -0.4 is 10.4 Å². The minimum atomic E-state index is -2.26. The molecule has 0 saturated heterocycles. The molecule has 0 radical (unpaired) electrons. The second kappa shape index (κ2) is 19.9. The van der Waals surface area contributed by atoms with Gasteiger partial charge in [-0.1, -0.05) is 115 Å². The van der Waals surface area contributed by atoms with Gasteiger partial charge in [-0.15, -0.1) is 0 Å². The van der Waals surface area contributed by atoms with Crippen molar-refractivity contribution in [3.05, 3.63) is 59.7 Å². The Labute approximate surface area is 264 Å². The van der Waals surface area contributed by atoms with Crippen LogP contribution in [0.4, 0.5) is 0 Å². The van der Waals surface area contributed by atoms with Crippen molar-refractivity contribution in [1.29, 1.82) is 0 Å². The van der Waals surface area contributed by atoms with E-state index in [4.69, 9.17) is 13.6 Å². The van der Waals surface area contributed by atoms with Gasteiger partial charge in [-0.25, -0.2) is 9.59 Å². The van der Waals surface area contributed by atoms with Gasteiger partial charge < -0.3 is 13.6 Å². The van der Waals surface area contributed by atoms with E-state index >= 15 is 0 Å². The quantitative estimate of drug-likeness (QED) is 0.0741. The molecule has 5 nitrogen and oxygen atoms in total. The van der Waals surface area contributed by atoms with Gasteiger partial charge >= 0.3 is 11.9 Å². The number of rotatable bonds is 22. The van der Waals surface area contributed by atoms with Crippen LogP contribution >= 0.6 is 0 Å². The van der Waals surface area contributed by atoms with Gasteiger partial charge in [0.1, 0.15) is 0 Å². The van der Waals surface area contributed by atoms with Gasteiger partial charge in [-0.05, 0) is 73.7 Å². The maximum Gasteiger partial charge on any atom is 0.338 e. The molecule has 0 aromatic heterocycles. The van der Waals surface area contributed by atoms with E-state index in [9.17, 15) is 9.59 Å². The highest BCUT2D eigenvalue weighted by Gasteiger charge is 2.36. The highest BCUT2D eigenvalue weighted by Crippen LogP contribution is 2.17. The molecule has 0 spiro atoms. The van der Waals surface area contributed by atoms with Gasteiger partial charge in [-0.3, -0.25) is 0 Å². The fourth-order valence-electron chi connectivity index (χ4n) is 5.39. The van der Waals surface area contributed by atoms with E-state index in [1.54, 1.807) is 0 Å². The maximum absolute atomic E-state index is 12.5. The highest BCUT2D eigenvalue weighted by atomic mass is 28.4. The van der Waals surface area contributed by atoms with Gasteiger partial charge in [0.25, 0.3) is 0 Å². The third-order valence-electron chi connectivity index (χ3n) is 8.10. The predicted molar refractivity (Wildman–Crippen MR) is 185 cm³/mol. The van der Waals surface area contributed by atoms with E-state index in [0.29, 0.717) is 24.3 Å². The van der Waals surface area contributed by atoms with Crippen molar-refractivity contribution in [2.75, 3.05) is 13.2 Å². The second-order valence-electron chi connectivity index (χ2n) is 12.8. The SMILES string of the molecule is CCCCCCCCCOC(=O)c1ccc([Si](C)(C)O[Si](C)(C)c2ccc(C(=O)OCCCCCCCCC)cc2)cc1. The van der Waals surface area contributed by atoms with Crippen molar-refractivity contribution in [2.24, 2.45) is 0 Å². The average molecular weight is 627 g/mol. The molecule has 7 heteroatoms. The molecule has 240 valence electrons. The molecule has 0 aliphatic heterocycles. The van der Waals surface area contributed by atoms with Crippen LogP contribution in [0.3, 0.4) is 0 Å². The van der Waals surface area contributed by atoms with Crippen molar-refractivity contribution in [3.8, 4) is 0 Å². The molecular weight excluding hydrogens is 569 g/mol. The molecule has 0 saturated carbocycles. The van der Waals surface area contributed by atoms with E-state index in [0.717, 1.165) is 36.1 Å². The first-order chi connectivity index (χ1) is 20.6. The molecule has 0 amide bonds. The Kier molecular flexibility index (Phi) is 17.1. The summed E-state index contributed by atoms with van der Waals surface area (Å²) in [6.07, 6.45) is 16.7. The van der Waals surface area contributed by atoms with Crippen LogP contribution in [-0.2, 0) is 13.6 Å². The first kappa shape index (κ1) is 37.0. The summed E-state index contributed by atoms with van der Waals surface area (Å²) in [6.45, 7) is 14.2. The molecule has 0 fully saturated rings. The van der Waals surface area contributed by atoms with Crippen molar-refractivity contribution in [3.63, 3.8) is 0 Å². The fraction of sp³-hybridized carbons (Fsp3) is 0.611. The van der Waals surface area contributed by atoms with Crippen LogP contribution in [0.2, 0.25) is 26.2 Å². The first-order valence-corrected chi connectivity index (χ1v) is 22.7. The number of hydrogen-bond donors (Lipinski definition) is 0. The molecule has 43 heavy (non-hydrogen) atoms. The first-order valence-electron chi connectivity index (χ1n) is 16.9. The molecule has 0 heterocycles. The summed E-state index contributed by atoms with van der Waals surface area (Å²) in [5.74, 6) is -0.512. The molecule has 0 unspecified atom stereocenters. The summed E-state index contributed by atoms with van der Waals surface area (Å²) in [5.41, 5.74) is 1.17. The zero-order chi connectivity index (χ0) is 31.6. The summed E-state index contributed by atoms with van der Waals surface area (Å²) in [7, 11) is -4.52. The van der Waals surface area contributed by atoms with E-state index in [1.165, 1.54) is 64.2 Å². The zero-order valence-corrected chi connectivity index (χ0v) is 30.0. The number of benzene rings is 2. The smallest absolute Gasteiger partial charge is 0.338 e. The van der Waals surface area contributed by atoms with Crippen LogP contribution in [0.1, 0.15) is 124 Å². The molecule has 0 aliphatic rings. The van der Waals surface area contributed by atoms with Gasteiger partial charge in [0.2, 0.25) is 16.6 Å². The Morgan fingerprint density at radius 2 is 0.791 bits per heavy atom. The minimum absolute atomic E-state index is 0.256. The third-order valence-corrected chi connectivity index (χ3v) is 15.6. The lowest BCUT2D eigenvalue weighted by Crippen LogP contribution is -2.57. The zero-order valence-electron chi connectivity index (χ0n) is 28.0. The largest absolute Gasteiger partial charge is 0.462 e. The number of hydrogen-bond acceptors (Lipinski definition) is 5. The summed E-state index contributed by atoms with van der Waals surface area (Å²) in [4.78, 5) is 25.1. The number of carbonyl (C=O) groups excluding carboxylic acids is 2. The Bertz CT molecular complexity index is 979. The number of carbonyl (C=O) groups is 2. The van der Waals surface area contributed by atoms with Crippen LogP contribution in [0.15, 0.2) is 48.5 Å². The normalized spacial score (nSPS) is 11.9. The average Bonchev–Trinajstić information content (AvgIpc) is 2.99. The van der Waals surface area contributed by atoms with Crippen molar-refractivity contribution in [2.45, 2.75) is 130 Å². The lowest BCUT2D eigenvalue weighted by Gasteiger charge is -2.34. The van der Waals surface area contributed by atoms with E-state index in [-0.39, 0.29) is 11.9 Å². The van der Waals surface area contributed by atoms with Crippen LogP contribution in [0.25, 0.3) is 0 Å². The summed E-state index contributed by atoms with van der Waals surface area (Å²) in [5, 5.41) is 2.28. The molecular formula is C36H58O5Si2. The topological polar surface area (TPSA) is 61.8 Å². The Morgan fingerprint density at radius 1 is 0.488 bits per heavy atom. The lowest BCUT2D eigenvalue weighted by molar-refractivity contribution is 0.0488. The van der Waals surface area contributed by atoms with Crippen LogP contribution in [0, 0.1) is 0 Å². The second-order valence-corrected chi connectivity index (χ2v) is 20.8. The van der Waals surface area contributed by atoms with Crippen LogP contribution in [-0.4, -0.2) is 41.8 Å². The van der Waals surface area contributed by atoms with Gasteiger partial charge in [0.15, 0.2) is 0 Å². The lowest BCUT2D eigenvalue weighted by atomic mass is 10.1. The maximum atomic E-state index is 12.5. The minimum Gasteiger partial charge on any atom is -0.462 e.